The van der Waals surface area contributed by atoms with E-state index in [1.165, 1.54) is 11.3 Å². The van der Waals surface area contributed by atoms with Crippen molar-refractivity contribution < 1.29 is 13.5 Å². The van der Waals surface area contributed by atoms with E-state index in [4.69, 9.17) is 14.7 Å². The van der Waals surface area contributed by atoms with E-state index in [0.717, 1.165) is 41.4 Å². The van der Waals surface area contributed by atoms with Crippen molar-refractivity contribution >= 4 is 56.6 Å². The van der Waals surface area contributed by atoms with Crippen LogP contribution >= 0.6 is 11.3 Å². The highest BCUT2D eigenvalue weighted by atomic mass is 32.2. The number of nitrogens with zero attached hydrogens (tertiary/aromatic N) is 6. The molecule has 1 aliphatic rings. The Morgan fingerprint density at radius 1 is 1.07 bits per heavy atom. The predicted molar refractivity (Wildman–Crippen MR) is 158 cm³/mol. The molecular weight excluding hydrogens is 560 g/mol. The second-order valence-corrected chi connectivity index (χ2v) is 11.4. The minimum Gasteiger partial charge on any atom is -0.358 e. The van der Waals surface area contributed by atoms with Crippen LogP contribution < -0.4 is 10.6 Å². The van der Waals surface area contributed by atoms with Gasteiger partial charge in [0.2, 0.25) is 0 Å². The minimum atomic E-state index is -2.27. The van der Waals surface area contributed by atoms with E-state index >= 15 is 0 Å². The summed E-state index contributed by atoms with van der Waals surface area (Å²) >= 11 is -0.793. The quantitative estimate of drug-likeness (QED) is 0.188. The lowest BCUT2D eigenvalue weighted by atomic mass is 10.2. The third-order valence-electron chi connectivity index (χ3n) is 6.69. The summed E-state index contributed by atoms with van der Waals surface area (Å²) in [4.78, 5) is 18.7. The summed E-state index contributed by atoms with van der Waals surface area (Å²) < 4.78 is 30.7. The fraction of sp³-hybridized carbons (Fsp3) is 0.250. The third kappa shape index (κ3) is 5.55. The number of nitrogens with one attached hydrogen (secondary N) is 2. The standard InChI is InChI=1S/C28H26N8O3S2/c1-16-15-40-28(30-16)18-9-10-20(22(12-18)41(37)38)33-21-13-24(34-23-7-5-6-19(14-29)32-23)35-27-26(21)31-17(2)36(27)25-8-3-4-11-39-25/h5-7,9-10,12-13,15,25H,3-4,8,11H2,1-2H3,(H,37,38)(H2,32,33,34,35). The average molecular weight is 587 g/mol. The van der Waals surface area contributed by atoms with Crippen LogP contribution in [0.25, 0.3) is 21.7 Å². The van der Waals surface area contributed by atoms with Crippen LogP contribution in [-0.2, 0) is 15.8 Å². The first-order valence-electron chi connectivity index (χ1n) is 13.0. The number of benzene rings is 1. The Balaban J connectivity index is 1.46. The van der Waals surface area contributed by atoms with Gasteiger partial charge in [-0.05, 0) is 63.4 Å². The molecule has 0 spiro atoms. The molecule has 11 nitrogen and oxygen atoms in total. The summed E-state index contributed by atoms with van der Waals surface area (Å²) in [6.07, 6.45) is 2.68. The lowest BCUT2D eigenvalue weighted by molar-refractivity contribution is -0.0308. The molecule has 41 heavy (non-hydrogen) atoms. The van der Waals surface area contributed by atoms with E-state index in [9.17, 15) is 14.0 Å². The zero-order valence-corrected chi connectivity index (χ0v) is 23.9. The largest absolute Gasteiger partial charge is 0.358 e. The number of thiazole rings is 1. The highest BCUT2D eigenvalue weighted by Crippen LogP contribution is 2.36. The first-order valence-corrected chi connectivity index (χ1v) is 15.0. The molecule has 1 aliphatic heterocycles. The number of rotatable bonds is 7. The molecule has 0 aliphatic carbocycles. The van der Waals surface area contributed by atoms with Crippen LogP contribution in [0.2, 0.25) is 0 Å². The Kier molecular flexibility index (Phi) is 7.46. The van der Waals surface area contributed by atoms with Crippen LogP contribution in [0.15, 0.2) is 52.7 Å². The zero-order valence-electron chi connectivity index (χ0n) is 22.3. The van der Waals surface area contributed by atoms with Crippen molar-refractivity contribution in [2.75, 3.05) is 17.2 Å². The fourth-order valence-electron chi connectivity index (χ4n) is 4.84. The van der Waals surface area contributed by atoms with Crippen LogP contribution in [0.5, 0.6) is 0 Å². The zero-order chi connectivity index (χ0) is 28.5. The number of hydrogen-bond donors (Lipinski definition) is 3. The average Bonchev–Trinajstić information content (AvgIpc) is 3.56. The number of imidazole rings is 1. The van der Waals surface area contributed by atoms with Crippen LogP contribution in [0.3, 0.4) is 0 Å². The molecule has 0 saturated carbocycles. The van der Waals surface area contributed by atoms with Crippen molar-refractivity contribution in [1.82, 2.24) is 24.5 Å². The molecule has 3 N–H and O–H groups in total. The topological polar surface area (TPSA) is 151 Å². The summed E-state index contributed by atoms with van der Waals surface area (Å²) in [7, 11) is 0. The van der Waals surface area contributed by atoms with Crippen LogP contribution in [0.1, 0.15) is 42.7 Å². The summed E-state index contributed by atoms with van der Waals surface area (Å²) in [6, 6.07) is 14.2. The van der Waals surface area contributed by atoms with Crippen molar-refractivity contribution in [1.29, 1.82) is 5.26 Å². The van der Waals surface area contributed by atoms with E-state index in [1.54, 1.807) is 36.4 Å². The molecule has 4 aromatic heterocycles. The Hall–Kier alpha value is -4.22. The SMILES string of the molecule is Cc1csc(-c2ccc(Nc3cc(Nc4cccc(C#N)n4)nc4c3nc(C)n4C3CCCCO3)c(S(=O)O)c2)n1. The number of aromatic nitrogens is 5. The van der Waals surface area contributed by atoms with Gasteiger partial charge in [0.05, 0.1) is 16.3 Å². The van der Waals surface area contributed by atoms with Gasteiger partial charge in [-0.2, -0.15) is 5.26 Å². The number of pyridine rings is 2. The lowest BCUT2D eigenvalue weighted by Crippen LogP contribution is -2.19. The number of ether oxygens (including phenoxy) is 1. The van der Waals surface area contributed by atoms with Crippen molar-refractivity contribution in [3.63, 3.8) is 0 Å². The van der Waals surface area contributed by atoms with Crippen LogP contribution in [-0.4, -0.2) is 39.9 Å². The minimum absolute atomic E-state index is 0.203. The van der Waals surface area contributed by atoms with Gasteiger partial charge in [-0.15, -0.1) is 11.3 Å². The molecule has 5 aromatic rings. The molecule has 1 saturated heterocycles. The van der Waals surface area contributed by atoms with E-state index in [0.29, 0.717) is 40.8 Å². The maximum Gasteiger partial charge on any atom is 0.188 e. The Morgan fingerprint density at radius 3 is 2.68 bits per heavy atom. The molecule has 0 radical (unpaired) electrons. The Bertz CT molecular complexity index is 1820. The number of anilines is 4. The highest BCUT2D eigenvalue weighted by molar-refractivity contribution is 7.79. The molecular formula is C28H26N8O3S2. The van der Waals surface area contributed by atoms with Gasteiger partial charge in [0.1, 0.15) is 46.0 Å². The molecule has 0 amide bonds. The van der Waals surface area contributed by atoms with Crippen LogP contribution in [0, 0.1) is 25.2 Å². The van der Waals surface area contributed by atoms with Gasteiger partial charge in [-0.1, -0.05) is 6.07 Å². The first kappa shape index (κ1) is 27.0. The second-order valence-electron chi connectivity index (χ2n) is 9.60. The molecule has 2 unspecified atom stereocenters. The third-order valence-corrected chi connectivity index (χ3v) is 8.42. The van der Waals surface area contributed by atoms with Gasteiger partial charge in [0.25, 0.3) is 0 Å². The molecule has 1 aromatic carbocycles. The summed E-state index contributed by atoms with van der Waals surface area (Å²) in [5, 5.41) is 18.5. The monoisotopic (exact) mass is 586 g/mol. The van der Waals surface area contributed by atoms with E-state index < -0.39 is 11.1 Å². The van der Waals surface area contributed by atoms with Crippen molar-refractivity contribution in [3.8, 4) is 16.6 Å². The normalized spacial score (nSPS) is 15.9. The van der Waals surface area contributed by atoms with E-state index in [2.05, 4.69) is 20.6 Å². The smallest absolute Gasteiger partial charge is 0.188 e. The van der Waals surface area contributed by atoms with Crippen molar-refractivity contribution in [2.24, 2.45) is 0 Å². The van der Waals surface area contributed by atoms with E-state index in [-0.39, 0.29) is 16.8 Å². The lowest BCUT2D eigenvalue weighted by Gasteiger charge is -2.25. The van der Waals surface area contributed by atoms with Crippen molar-refractivity contribution in [3.05, 3.63) is 65.1 Å². The van der Waals surface area contributed by atoms with Gasteiger partial charge in [0, 0.05) is 29.3 Å². The van der Waals surface area contributed by atoms with Gasteiger partial charge in [-0.3, -0.25) is 4.57 Å². The van der Waals surface area contributed by atoms with Gasteiger partial charge in [0.15, 0.2) is 16.7 Å². The molecule has 0 bridgehead atoms. The number of aryl methyl sites for hydroxylation is 2. The molecule has 5 heterocycles. The summed E-state index contributed by atoms with van der Waals surface area (Å²) in [5.41, 5.74) is 4.14. The number of nitriles is 1. The molecule has 208 valence electrons. The molecule has 13 heteroatoms. The van der Waals surface area contributed by atoms with Gasteiger partial charge in [-0.25, -0.2) is 24.1 Å². The first-order chi connectivity index (χ1) is 19.9. The fourth-order valence-corrected chi connectivity index (χ4v) is 6.17. The number of hydrogen-bond acceptors (Lipinski definition) is 10. The van der Waals surface area contributed by atoms with Crippen LogP contribution in [0.4, 0.5) is 23.0 Å². The van der Waals surface area contributed by atoms with E-state index in [1.807, 2.05) is 35.9 Å². The second kappa shape index (κ2) is 11.3. The Labute approximate surface area is 242 Å². The van der Waals surface area contributed by atoms with Gasteiger partial charge < -0.3 is 19.9 Å². The maximum atomic E-state index is 12.5. The summed E-state index contributed by atoms with van der Waals surface area (Å²) in [5.74, 6) is 1.66. The van der Waals surface area contributed by atoms with Gasteiger partial charge >= 0.3 is 0 Å². The summed E-state index contributed by atoms with van der Waals surface area (Å²) in [6.45, 7) is 4.48. The predicted octanol–water partition coefficient (Wildman–Crippen LogP) is 6.21. The molecule has 1 fully saturated rings. The van der Waals surface area contributed by atoms with Crippen molar-refractivity contribution in [2.45, 2.75) is 44.2 Å². The highest BCUT2D eigenvalue weighted by Gasteiger charge is 2.24. The number of fused-ring (bicyclic) bond motifs is 1. The maximum absolute atomic E-state index is 12.5. The molecule has 6 rings (SSSR count). The molecule has 2 atom stereocenters. The Morgan fingerprint density at radius 2 is 1.95 bits per heavy atom.